The van der Waals surface area contributed by atoms with E-state index < -0.39 is 0 Å². The number of anilines is 1. The summed E-state index contributed by atoms with van der Waals surface area (Å²) in [6, 6.07) is 13.6. The number of nitrogens with one attached hydrogen (secondary N) is 1. The molecule has 0 radical (unpaired) electrons. The molecular formula is C22H20ClN3O2S. The maximum absolute atomic E-state index is 12.9. The zero-order valence-corrected chi connectivity index (χ0v) is 18.1. The van der Waals surface area contributed by atoms with E-state index in [2.05, 4.69) is 22.5 Å². The fourth-order valence-electron chi connectivity index (χ4n) is 3.13. The van der Waals surface area contributed by atoms with Gasteiger partial charge in [0, 0.05) is 16.5 Å². The molecule has 1 amide bonds. The Kier molecular flexibility index (Phi) is 5.06. The molecule has 148 valence electrons. The van der Waals surface area contributed by atoms with E-state index in [0.717, 1.165) is 27.2 Å². The van der Waals surface area contributed by atoms with Gasteiger partial charge in [0.05, 0.1) is 29.1 Å². The van der Waals surface area contributed by atoms with Gasteiger partial charge in [0.2, 0.25) is 0 Å². The van der Waals surface area contributed by atoms with Crippen LogP contribution in [-0.2, 0) is 0 Å². The van der Waals surface area contributed by atoms with Crippen LogP contribution in [0.1, 0.15) is 26.5 Å². The number of carbonyl (C=O) groups excluding carboxylic acids is 1. The summed E-state index contributed by atoms with van der Waals surface area (Å²) in [6.45, 7) is 5.89. The van der Waals surface area contributed by atoms with Gasteiger partial charge in [0.25, 0.3) is 5.91 Å². The van der Waals surface area contributed by atoms with Crippen LogP contribution in [0.3, 0.4) is 0 Å². The van der Waals surface area contributed by atoms with E-state index in [9.17, 15) is 4.79 Å². The monoisotopic (exact) mass is 425 g/mol. The van der Waals surface area contributed by atoms with Crippen LogP contribution in [0.2, 0.25) is 5.02 Å². The predicted molar refractivity (Wildman–Crippen MR) is 119 cm³/mol. The third kappa shape index (κ3) is 3.61. The number of benzene rings is 2. The van der Waals surface area contributed by atoms with E-state index in [0.29, 0.717) is 21.3 Å². The van der Waals surface area contributed by atoms with Gasteiger partial charge in [-0.15, -0.1) is 11.3 Å². The Morgan fingerprint density at radius 1 is 1.14 bits per heavy atom. The first-order chi connectivity index (χ1) is 13.9. The van der Waals surface area contributed by atoms with E-state index in [4.69, 9.17) is 16.3 Å². The lowest BCUT2D eigenvalue weighted by atomic mass is 10.2. The molecule has 0 spiro atoms. The number of nitrogens with zero attached hydrogens (tertiary/aromatic N) is 2. The predicted octanol–water partition coefficient (Wildman–Crippen LogP) is 5.93. The molecule has 0 unspecified atom stereocenters. The molecule has 0 bridgehead atoms. The molecule has 1 N–H and O–H groups in total. The first-order valence-electron chi connectivity index (χ1n) is 9.09. The molecule has 5 nitrogen and oxygen atoms in total. The highest BCUT2D eigenvalue weighted by Gasteiger charge is 2.18. The number of hydrogen-bond acceptors (Lipinski definition) is 4. The standard InChI is InChI=1S/C22H20ClN3O2S/c1-12-5-7-15(8-6-12)26-22-16(14(3)25-26)10-20(29-22)21(27)24-18-9-13(2)17(23)11-19(18)28-4/h5-11H,1-4H3,(H,24,27). The normalized spacial score (nSPS) is 11.1. The molecule has 4 aromatic rings. The van der Waals surface area contributed by atoms with Gasteiger partial charge in [-0.25, -0.2) is 4.68 Å². The number of ether oxygens (including phenoxy) is 1. The first-order valence-corrected chi connectivity index (χ1v) is 10.3. The van der Waals surface area contributed by atoms with Gasteiger partial charge < -0.3 is 10.1 Å². The number of thiophene rings is 1. The second-order valence-corrected chi connectivity index (χ2v) is 8.36. The molecule has 0 aliphatic heterocycles. The van der Waals surface area contributed by atoms with Crippen molar-refractivity contribution in [2.24, 2.45) is 0 Å². The van der Waals surface area contributed by atoms with E-state index in [1.165, 1.54) is 16.9 Å². The van der Waals surface area contributed by atoms with Crippen LogP contribution in [0.15, 0.2) is 42.5 Å². The molecule has 7 heteroatoms. The summed E-state index contributed by atoms with van der Waals surface area (Å²) in [4.78, 5) is 14.5. The summed E-state index contributed by atoms with van der Waals surface area (Å²) in [5.41, 5.74) is 4.50. The van der Waals surface area contributed by atoms with Gasteiger partial charge in [-0.2, -0.15) is 5.10 Å². The van der Waals surface area contributed by atoms with Crippen molar-refractivity contribution >= 4 is 44.7 Å². The minimum Gasteiger partial charge on any atom is -0.495 e. The van der Waals surface area contributed by atoms with E-state index in [-0.39, 0.29) is 5.91 Å². The molecule has 0 aliphatic carbocycles. The van der Waals surface area contributed by atoms with Crippen molar-refractivity contribution in [3.8, 4) is 11.4 Å². The number of hydrogen-bond donors (Lipinski definition) is 1. The molecule has 0 saturated heterocycles. The van der Waals surface area contributed by atoms with E-state index >= 15 is 0 Å². The van der Waals surface area contributed by atoms with Gasteiger partial charge >= 0.3 is 0 Å². The quantitative estimate of drug-likeness (QED) is 0.441. The number of aryl methyl sites for hydroxylation is 3. The number of carbonyl (C=O) groups is 1. The lowest BCUT2D eigenvalue weighted by Gasteiger charge is -2.11. The molecule has 0 aliphatic rings. The van der Waals surface area contributed by atoms with Crippen LogP contribution in [0.4, 0.5) is 5.69 Å². The largest absolute Gasteiger partial charge is 0.495 e. The molecule has 2 heterocycles. The van der Waals surface area contributed by atoms with E-state index in [1.54, 1.807) is 13.2 Å². The van der Waals surface area contributed by atoms with Crippen LogP contribution in [0.25, 0.3) is 15.9 Å². The highest BCUT2D eigenvalue weighted by molar-refractivity contribution is 7.20. The van der Waals surface area contributed by atoms with Gasteiger partial charge in [-0.1, -0.05) is 29.3 Å². The smallest absolute Gasteiger partial charge is 0.265 e. The summed E-state index contributed by atoms with van der Waals surface area (Å²) in [7, 11) is 1.55. The molecule has 4 rings (SSSR count). The molecule has 2 aromatic heterocycles. The Bertz CT molecular complexity index is 1230. The Balaban J connectivity index is 1.70. The number of fused-ring (bicyclic) bond motifs is 1. The molecular weight excluding hydrogens is 406 g/mol. The second-order valence-electron chi connectivity index (χ2n) is 6.92. The van der Waals surface area contributed by atoms with Gasteiger partial charge in [-0.05, 0) is 50.6 Å². The zero-order valence-electron chi connectivity index (χ0n) is 16.5. The second kappa shape index (κ2) is 7.54. The Labute approximate surface area is 177 Å². The summed E-state index contributed by atoms with van der Waals surface area (Å²) in [5.74, 6) is 0.332. The van der Waals surface area contributed by atoms with Gasteiger partial charge in [-0.3, -0.25) is 4.79 Å². The maximum atomic E-state index is 12.9. The van der Waals surface area contributed by atoms with Crippen LogP contribution in [0, 0.1) is 20.8 Å². The third-order valence-corrected chi connectivity index (χ3v) is 6.29. The minimum atomic E-state index is -0.193. The van der Waals surface area contributed by atoms with Crippen molar-refractivity contribution < 1.29 is 9.53 Å². The van der Waals surface area contributed by atoms with Crippen molar-refractivity contribution in [1.29, 1.82) is 0 Å². The van der Waals surface area contributed by atoms with Crippen molar-refractivity contribution in [3.05, 3.63) is 69.2 Å². The Morgan fingerprint density at radius 2 is 1.86 bits per heavy atom. The van der Waals surface area contributed by atoms with Crippen LogP contribution < -0.4 is 10.1 Å². The van der Waals surface area contributed by atoms with Gasteiger partial charge in [0.15, 0.2) is 0 Å². The number of halogens is 1. The zero-order chi connectivity index (χ0) is 20.7. The highest BCUT2D eigenvalue weighted by atomic mass is 35.5. The Hall–Kier alpha value is -2.83. The lowest BCUT2D eigenvalue weighted by Crippen LogP contribution is -2.11. The Morgan fingerprint density at radius 3 is 2.55 bits per heavy atom. The fraction of sp³-hybridized carbons (Fsp3) is 0.182. The van der Waals surface area contributed by atoms with Crippen LogP contribution in [-0.4, -0.2) is 22.8 Å². The number of methoxy groups -OCH3 is 1. The number of amides is 1. The summed E-state index contributed by atoms with van der Waals surface area (Å²) in [5, 5.41) is 9.15. The van der Waals surface area contributed by atoms with Crippen LogP contribution in [0.5, 0.6) is 5.75 Å². The summed E-state index contributed by atoms with van der Waals surface area (Å²) >= 11 is 7.57. The SMILES string of the molecule is COc1cc(Cl)c(C)cc1NC(=O)c1cc2c(C)nn(-c3ccc(C)cc3)c2s1. The minimum absolute atomic E-state index is 0.193. The van der Waals surface area contributed by atoms with Crippen LogP contribution >= 0.6 is 22.9 Å². The third-order valence-electron chi connectivity index (χ3n) is 4.78. The van der Waals surface area contributed by atoms with Crippen molar-refractivity contribution in [2.45, 2.75) is 20.8 Å². The average molecular weight is 426 g/mol. The highest BCUT2D eigenvalue weighted by Crippen LogP contribution is 2.34. The van der Waals surface area contributed by atoms with Crippen molar-refractivity contribution in [2.75, 3.05) is 12.4 Å². The molecule has 29 heavy (non-hydrogen) atoms. The molecule has 0 saturated carbocycles. The molecule has 0 atom stereocenters. The molecule has 0 fully saturated rings. The van der Waals surface area contributed by atoms with E-state index in [1.807, 2.05) is 49.7 Å². The number of rotatable bonds is 4. The summed E-state index contributed by atoms with van der Waals surface area (Å²) < 4.78 is 7.25. The molecule has 2 aromatic carbocycles. The topological polar surface area (TPSA) is 56.1 Å². The number of aromatic nitrogens is 2. The maximum Gasteiger partial charge on any atom is 0.265 e. The van der Waals surface area contributed by atoms with Crippen molar-refractivity contribution in [1.82, 2.24) is 9.78 Å². The van der Waals surface area contributed by atoms with Gasteiger partial charge in [0.1, 0.15) is 10.6 Å². The first kappa shape index (κ1) is 19.5. The average Bonchev–Trinajstić information content (AvgIpc) is 3.26. The summed E-state index contributed by atoms with van der Waals surface area (Å²) in [6.07, 6.45) is 0. The fourth-order valence-corrected chi connectivity index (χ4v) is 4.37. The lowest BCUT2D eigenvalue weighted by molar-refractivity contribution is 0.103. The van der Waals surface area contributed by atoms with Crippen molar-refractivity contribution in [3.63, 3.8) is 0 Å².